The lowest BCUT2D eigenvalue weighted by atomic mass is 9.97. The molecule has 3 aromatic carbocycles. The summed E-state index contributed by atoms with van der Waals surface area (Å²) in [4.78, 5) is 33.4. The highest BCUT2D eigenvalue weighted by molar-refractivity contribution is 9.10. The summed E-state index contributed by atoms with van der Waals surface area (Å²) in [6.07, 6.45) is 5.51. The smallest absolute Gasteiger partial charge is 0.267 e. The quantitative estimate of drug-likeness (QED) is 0.102. The van der Waals surface area contributed by atoms with Gasteiger partial charge in [0.25, 0.3) is 11.5 Å². The lowest BCUT2D eigenvalue weighted by Gasteiger charge is -2.13. The number of hydrogen-bond donors (Lipinski definition) is 2. The fourth-order valence-corrected chi connectivity index (χ4v) is 7.22. The molecule has 0 bridgehead atoms. The number of thiophene rings is 1. The van der Waals surface area contributed by atoms with Crippen LogP contribution >= 0.6 is 39.0 Å². The summed E-state index contributed by atoms with van der Waals surface area (Å²) in [5.41, 5.74) is 4.78. The molecular formula is C29H23BrN4O3S2. The first-order valence-electron chi connectivity index (χ1n) is 12.5. The van der Waals surface area contributed by atoms with E-state index in [0.29, 0.717) is 21.8 Å². The first-order valence-corrected chi connectivity index (χ1v) is 15.1. The van der Waals surface area contributed by atoms with E-state index < -0.39 is 0 Å². The van der Waals surface area contributed by atoms with Crippen molar-refractivity contribution in [1.29, 1.82) is 0 Å². The minimum atomic E-state index is -0.349. The zero-order valence-electron chi connectivity index (χ0n) is 20.7. The molecule has 7 nitrogen and oxygen atoms in total. The number of aryl methyl sites for hydroxylation is 2. The number of carbonyl (C=O) groups excluding carboxylic acids is 1. The summed E-state index contributed by atoms with van der Waals surface area (Å²) in [7, 11) is 0. The van der Waals surface area contributed by atoms with Gasteiger partial charge in [0.05, 0.1) is 23.0 Å². The number of phenolic OH excluding ortho intramolecular Hbond substituents is 1. The topological polar surface area (TPSA) is 96.6 Å². The number of aromatic nitrogens is 2. The number of hydrogen-bond acceptors (Lipinski definition) is 7. The lowest BCUT2D eigenvalue weighted by Crippen LogP contribution is -2.24. The summed E-state index contributed by atoms with van der Waals surface area (Å²) in [5.74, 6) is -0.257. The average Bonchev–Trinajstić information content (AvgIpc) is 3.32. The molecule has 10 heteroatoms. The van der Waals surface area contributed by atoms with E-state index in [2.05, 4.69) is 26.5 Å². The van der Waals surface area contributed by atoms with Gasteiger partial charge in [0.2, 0.25) is 0 Å². The van der Waals surface area contributed by atoms with Gasteiger partial charge in [-0.25, -0.2) is 10.4 Å². The first kappa shape index (κ1) is 25.8. The molecule has 0 fully saturated rings. The second-order valence-electron chi connectivity index (χ2n) is 9.20. The molecule has 0 unspecified atom stereocenters. The molecule has 2 aromatic heterocycles. The van der Waals surface area contributed by atoms with Crippen LogP contribution in [0.15, 0.2) is 80.2 Å². The van der Waals surface area contributed by atoms with Crippen LogP contribution in [-0.4, -0.2) is 32.5 Å². The van der Waals surface area contributed by atoms with Crippen LogP contribution in [0.3, 0.4) is 0 Å². The lowest BCUT2D eigenvalue weighted by molar-refractivity contribution is -0.118. The number of aromatic hydroxyl groups is 1. The average molecular weight is 620 g/mol. The molecule has 0 spiro atoms. The molecule has 1 aliphatic carbocycles. The van der Waals surface area contributed by atoms with Crippen molar-refractivity contribution in [1.82, 2.24) is 15.0 Å². The fraction of sp³-hybridized carbons (Fsp3) is 0.172. The van der Waals surface area contributed by atoms with Gasteiger partial charge in [-0.1, -0.05) is 58.0 Å². The second kappa shape index (κ2) is 11.0. The number of benzene rings is 3. The van der Waals surface area contributed by atoms with Crippen molar-refractivity contribution in [2.24, 2.45) is 5.10 Å². The van der Waals surface area contributed by atoms with Gasteiger partial charge in [-0.3, -0.25) is 14.2 Å². The van der Waals surface area contributed by atoms with Crippen LogP contribution in [0.25, 0.3) is 26.7 Å². The van der Waals surface area contributed by atoms with E-state index in [1.807, 2.05) is 54.6 Å². The largest absolute Gasteiger partial charge is 0.507 e. The van der Waals surface area contributed by atoms with Crippen molar-refractivity contribution in [2.45, 2.75) is 30.8 Å². The Hall–Kier alpha value is -3.47. The standard InChI is InChI=1S/C29H23BrN4O3S2/c30-18-10-12-19(13-11-18)34-28(37)26-21-7-3-4-8-24(21)39-27(26)32-29(34)38-16-25(36)33-31-15-22-20-6-2-1-5-17(20)9-14-23(22)35/h1-2,5-6,9-15,35H,3-4,7-8,16H2,(H,33,36)/b31-15+. The van der Waals surface area contributed by atoms with E-state index in [4.69, 9.17) is 4.98 Å². The molecule has 2 N–H and O–H groups in total. The van der Waals surface area contributed by atoms with Crippen LogP contribution in [0.5, 0.6) is 5.75 Å². The van der Waals surface area contributed by atoms with Gasteiger partial charge >= 0.3 is 0 Å². The molecule has 0 aliphatic heterocycles. The van der Waals surface area contributed by atoms with Crippen LogP contribution in [-0.2, 0) is 17.6 Å². The molecular weight excluding hydrogens is 596 g/mol. The molecule has 5 aromatic rings. The predicted octanol–water partition coefficient (Wildman–Crippen LogP) is 6.19. The number of rotatable bonds is 6. The normalized spacial score (nSPS) is 13.3. The van der Waals surface area contributed by atoms with Crippen LogP contribution in [0, 0.1) is 0 Å². The molecule has 1 aliphatic rings. The maximum Gasteiger partial charge on any atom is 0.267 e. The van der Waals surface area contributed by atoms with E-state index in [1.165, 1.54) is 22.9 Å². The third-order valence-electron chi connectivity index (χ3n) is 6.71. The highest BCUT2D eigenvalue weighted by atomic mass is 79.9. The SMILES string of the molecule is O=C(CSc1nc2sc3c(c2c(=O)n1-c1ccc(Br)cc1)CCCC3)N/N=C/c1c(O)ccc2ccccc12. The monoisotopic (exact) mass is 618 g/mol. The molecule has 0 atom stereocenters. The van der Waals surface area contributed by atoms with E-state index >= 15 is 0 Å². The highest BCUT2D eigenvalue weighted by Gasteiger charge is 2.23. The number of fused-ring (bicyclic) bond motifs is 4. The summed E-state index contributed by atoms with van der Waals surface area (Å²) >= 11 is 6.24. The zero-order chi connectivity index (χ0) is 26.9. The minimum Gasteiger partial charge on any atom is -0.507 e. The number of hydrazone groups is 1. The van der Waals surface area contributed by atoms with Crippen molar-refractivity contribution in [2.75, 3.05) is 5.75 Å². The van der Waals surface area contributed by atoms with E-state index in [1.54, 1.807) is 22.0 Å². The third kappa shape index (κ3) is 5.11. The minimum absolute atomic E-state index is 0.0123. The Morgan fingerprint density at radius 1 is 1.13 bits per heavy atom. The Morgan fingerprint density at radius 2 is 1.92 bits per heavy atom. The number of phenols is 1. The van der Waals surface area contributed by atoms with Crippen molar-refractivity contribution in [3.8, 4) is 11.4 Å². The number of nitrogens with zero attached hydrogens (tertiary/aromatic N) is 3. The van der Waals surface area contributed by atoms with Crippen molar-refractivity contribution in [3.63, 3.8) is 0 Å². The molecule has 0 radical (unpaired) electrons. The summed E-state index contributed by atoms with van der Waals surface area (Å²) in [5, 5.41) is 17.3. The molecule has 196 valence electrons. The molecule has 2 heterocycles. The van der Waals surface area contributed by atoms with Gasteiger partial charge in [-0.2, -0.15) is 5.10 Å². The number of thioether (sulfide) groups is 1. The highest BCUT2D eigenvalue weighted by Crippen LogP contribution is 2.35. The zero-order valence-corrected chi connectivity index (χ0v) is 23.9. The molecule has 39 heavy (non-hydrogen) atoms. The Labute approximate surface area is 240 Å². The van der Waals surface area contributed by atoms with Gasteiger partial charge in [-0.05, 0) is 72.4 Å². The maximum atomic E-state index is 13.8. The van der Waals surface area contributed by atoms with Crippen molar-refractivity contribution in [3.05, 3.63) is 91.5 Å². The summed E-state index contributed by atoms with van der Waals surface area (Å²) in [6.45, 7) is 0. The Morgan fingerprint density at radius 3 is 2.77 bits per heavy atom. The second-order valence-corrected chi connectivity index (χ2v) is 12.1. The van der Waals surface area contributed by atoms with E-state index in [9.17, 15) is 14.7 Å². The number of amides is 1. The Bertz CT molecular complexity index is 1810. The van der Waals surface area contributed by atoms with E-state index in [0.717, 1.165) is 51.3 Å². The van der Waals surface area contributed by atoms with Crippen LogP contribution in [0.1, 0.15) is 28.8 Å². The van der Waals surface area contributed by atoms with Crippen molar-refractivity contribution < 1.29 is 9.90 Å². The molecule has 0 saturated carbocycles. The summed E-state index contributed by atoms with van der Waals surface area (Å²) in [6, 6.07) is 18.6. The van der Waals surface area contributed by atoms with Gasteiger partial charge in [0.15, 0.2) is 5.16 Å². The first-order chi connectivity index (χ1) is 19.0. The van der Waals surface area contributed by atoms with Crippen LogP contribution < -0.4 is 11.0 Å². The Balaban J connectivity index is 1.27. The number of halogens is 1. The van der Waals surface area contributed by atoms with Crippen LogP contribution in [0.4, 0.5) is 0 Å². The predicted molar refractivity (Wildman–Crippen MR) is 162 cm³/mol. The number of nitrogens with one attached hydrogen (secondary N) is 1. The number of carbonyl (C=O) groups is 1. The van der Waals surface area contributed by atoms with E-state index in [-0.39, 0.29) is 23.0 Å². The van der Waals surface area contributed by atoms with Gasteiger partial charge in [-0.15, -0.1) is 11.3 Å². The summed E-state index contributed by atoms with van der Waals surface area (Å²) < 4.78 is 2.51. The van der Waals surface area contributed by atoms with Gasteiger partial charge in [0.1, 0.15) is 10.6 Å². The Kier molecular flexibility index (Phi) is 7.24. The maximum absolute atomic E-state index is 13.8. The molecule has 1 amide bonds. The van der Waals surface area contributed by atoms with Crippen molar-refractivity contribution >= 4 is 72.1 Å². The van der Waals surface area contributed by atoms with Gasteiger partial charge < -0.3 is 5.11 Å². The fourth-order valence-electron chi connectivity index (χ4n) is 4.85. The van der Waals surface area contributed by atoms with Gasteiger partial charge in [0, 0.05) is 14.9 Å². The molecule has 6 rings (SSSR count). The van der Waals surface area contributed by atoms with Crippen LogP contribution in [0.2, 0.25) is 0 Å². The molecule has 0 saturated heterocycles. The third-order valence-corrected chi connectivity index (χ3v) is 9.36.